The van der Waals surface area contributed by atoms with Gasteiger partial charge in [0, 0.05) is 62.3 Å². The molecule has 1 saturated heterocycles. The van der Waals surface area contributed by atoms with Crippen molar-refractivity contribution in [2.75, 3.05) is 32.5 Å². The monoisotopic (exact) mass is 484 g/mol. The van der Waals surface area contributed by atoms with Gasteiger partial charge < -0.3 is 14.3 Å². The Morgan fingerprint density at radius 2 is 1.91 bits per heavy atom. The molecule has 0 amide bonds. The largest absolute Gasteiger partial charge is 0.493 e. The zero-order chi connectivity index (χ0) is 24.0. The molecule has 182 valence electrons. The van der Waals surface area contributed by atoms with Crippen molar-refractivity contribution >= 4 is 20.9 Å². The van der Waals surface area contributed by atoms with E-state index in [1.54, 1.807) is 11.6 Å². The van der Waals surface area contributed by atoms with Crippen LogP contribution in [0.1, 0.15) is 25.5 Å². The van der Waals surface area contributed by atoms with Gasteiger partial charge in [-0.3, -0.25) is 9.69 Å². The quantitative estimate of drug-likeness (QED) is 0.557. The van der Waals surface area contributed by atoms with E-state index in [4.69, 9.17) is 4.74 Å². The molecule has 1 saturated carbocycles. The molecule has 8 nitrogen and oxygen atoms in total. The maximum Gasteiger partial charge on any atom is 0.259 e. The molecule has 3 heterocycles. The van der Waals surface area contributed by atoms with Gasteiger partial charge in [0.2, 0.25) is 10.0 Å². The third kappa shape index (κ3) is 4.64. The van der Waals surface area contributed by atoms with Gasteiger partial charge in [-0.05, 0) is 37.8 Å². The molecule has 1 aliphatic carbocycles. The van der Waals surface area contributed by atoms with E-state index >= 15 is 0 Å². The number of pyridine rings is 1. The van der Waals surface area contributed by atoms with Gasteiger partial charge in [-0.2, -0.15) is 4.31 Å². The maximum atomic E-state index is 13.0. The molecule has 1 aliphatic heterocycles. The number of rotatable bonds is 7. The number of H-pyrrole nitrogens is 1. The molecular formula is C25H32N4O4S. The Morgan fingerprint density at radius 3 is 2.62 bits per heavy atom. The first-order chi connectivity index (χ1) is 16.2. The molecule has 2 fully saturated rings. The van der Waals surface area contributed by atoms with Gasteiger partial charge in [0.1, 0.15) is 5.75 Å². The summed E-state index contributed by atoms with van der Waals surface area (Å²) < 4.78 is 33.2. The summed E-state index contributed by atoms with van der Waals surface area (Å²) in [6.45, 7) is 4.97. The number of ether oxygens (including phenoxy) is 1. The highest BCUT2D eigenvalue weighted by Crippen LogP contribution is 2.36. The predicted molar refractivity (Wildman–Crippen MR) is 133 cm³/mol. The third-order valence-electron chi connectivity index (χ3n) is 6.94. The van der Waals surface area contributed by atoms with E-state index in [1.807, 2.05) is 43.5 Å². The lowest BCUT2D eigenvalue weighted by Crippen LogP contribution is -2.52. The summed E-state index contributed by atoms with van der Waals surface area (Å²) in [7, 11) is -1.41. The molecule has 9 heteroatoms. The second kappa shape index (κ2) is 8.87. The van der Waals surface area contributed by atoms with Crippen LogP contribution in [0.2, 0.25) is 0 Å². The summed E-state index contributed by atoms with van der Waals surface area (Å²) >= 11 is 0. The molecule has 3 aromatic rings. The molecule has 34 heavy (non-hydrogen) atoms. The second-order valence-corrected chi connectivity index (χ2v) is 11.7. The van der Waals surface area contributed by atoms with Crippen molar-refractivity contribution in [1.82, 2.24) is 18.8 Å². The number of para-hydroxylation sites is 1. The number of aromatic nitrogens is 2. The van der Waals surface area contributed by atoms with E-state index in [1.165, 1.54) is 23.4 Å². The van der Waals surface area contributed by atoms with Gasteiger partial charge in [0.05, 0.1) is 23.8 Å². The maximum absolute atomic E-state index is 13.0. The van der Waals surface area contributed by atoms with Crippen LogP contribution in [0.5, 0.6) is 5.75 Å². The number of fused-ring (bicyclic) bond motifs is 1. The lowest BCUT2D eigenvalue weighted by molar-refractivity contribution is 0.121. The van der Waals surface area contributed by atoms with Gasteiger partial charge >= 0.3 is 0 Å². The number of piperazine rings is 1. The van der Waals surface area contributed by atoms with Crippen LogP contribution in [-0.2, 0) is 23.6 Å². The average molecular weight is 485 g/mol. The topological polar surface area (TPSA) is 87.6 Å². The third-order valence-corrected chi connectivity index (χ3v) is 8.20. The van der Waals surface area contributed by atoms with Gasteiger partial charge in [0.25, 0.3) is 5.56 Å². The van der Waals surface area contributed by atoms with E-state index in [0.717, 1.165) is 34.7 Å². The fraction of sp³-hybridized carbons (Fsp3) is 0.480. The summed E-state index contributed by atoms with van der Waals surface area (Å²) in [5.41, 5.74) is 3.60. The van der Waals surface area contributed by atoms with Crippen molar-refractivity contribution in [2.45, 2.75) is 32.4 Å². The lowest BCUT2D eigenvalue weighted by Gasteiger charge is -2.38. The fourth-order valence-electron chi connectivity index (χ4n) is 4.71. The van der Waals surface area contributed by atoms with Gasteiger partial charge in [-0.15, -0.1) is 0 Å². The molecule has 2 aliphatic rings. The number of hydrogen-bond donors (Lipinski definition) is 1. The Bertz CT molecular complexity index is 1370. The molecular weight excluding hydrogens is 452 g/mol. The van der Waals surface area contributed by atoms with Crippen molar-refractivity contribution < 1.29 is 13.2 Å². The van der Waals surface area contributed by atoms with Crippen LogP contribution in [0.15, 0.2) is 41.3 Å². The van der Waals surface area contributed by atoms with Gasteiger partial charge in [-0.25, -0.2) is 8.42 Å². The van der Waals surface area contributed by atoms with Crippen molar-refractivity contribution in [3.8, 4) is 16.9 Å². The number of hydrogen-bond acceptors (Lipinski definition) is 5. The Morgan fingerprint density at radius 1 is 1.15 bits per heavy atom. The minimum atomic E-state index is -3.19. The molecule has 1 N–H and O–H groups in total. The number of sulfonamides is 1. The number of benzene rings is 1. The summed E-state index contributed by atoms with van der Waals surface area (Å²) in [6.07, 6.45) is 5.58. The summed E-state index contributed by atoms with van der Waals surface area (Å²) in [6, 6.07) is 10.0. The van der Waals surface area contributed by atoms with E-state index in [9.17, 15) is 13.2 Å². The van der Waals surface area contributed by atoms with Crippen molar-refractivity contribution in [2.24, 2.45) is 13.0 Å². The van der Waals surface area contributed by atoms with Crippen molar-refractivity contribution in [3.05, 3.63) is 52.6 Å². The molecule has 0 bridgehead atoms. The van der Waals surface area contributed by atoms with Crippen molar-refractivity contribution in [1.29, 1.82) is 0 Å². The number of aryl methyl sites for hydroxylation is 1. The van der Waals surface area contributed by atoms with Crippen molar-refractivity contribution in [3.63, 3.8) is 0 Å². The Labute approximate surface area is 200 Å². The number of nitrogens with one attached hydrogen (secondary N) is 1. The van der Waals surface area contributed by atoms with Crippen LogP contribution < -0.4 is 10.3 Å². The Hall–Kier alpha value is -2.62. The molecule has 0 unspecified atom stereocenters. The van der Waals surface area contributed by atoms with Gasteiger partial charge in [-0.1, -0.05) is 18.2 Å². The smallest absolute Gasteiger partial charge is 0.259 e. The summed E-state index contributed by atoms with van der Waals surface area (Å²) in [5.74, 6) is 1.48. The normalized spacial score (nSPS) is 20.1. The Balaban J connectivity index is 1.47. The number of nitrogens with zero attached hydrogens (tertiary/aromatic N) is 3. The molecule has 2 aromatic heterocycles. The standard InChI is InChI=1S/C25H32N4O4S/c1-17-13-29(34(3,31)32)11-10-28(17)14-19-12-21-24(26-19)22(15-27(2)25(21)30)20-6-4-5-7-23(20)33-16-18-8-9-18/h4-7,12,15,17-18,26H,8-11,13-14,16H2,1-3H3/t17-/m1/s1. The lowest BCUT2D eigenvalue weighted by atomic mass is 10.0. The second-order valence-electron chi connectivity index (χ2n) is 9.73. The van der Waals surface area contributed by atoms with E-state index < -0.39 is 10.0 Å². The molecule has 5 rings (SSSR count). The molecule has 1 aromatic carbocycles. The van der Waals surface area contributed by atoms with Crippen LogP contribution in [0.3, 0.4) is 0 Å². The van der Waals surface area contributed by atoms with Crippen LogP contribution in [0.25, 0.3) is 22.0 Å². The molecule has 0 spiro atoms. The van der Waals surface area contributed by atoms with E-state index in [0.29, 0.717) is 37.5 Å². The number of aromatic amines is 1. The minimum Gasteiger partial charge on any atom is -0.493 e. The van der Waals surface area contributed by atoms with E-state index in [-0.39, 0.29) is 11.6 Å². The predicted octanol–water partition coefficient (Wildman–Crippen LogP) is 2.79. The first-order valence-corrected chi connectivity index (χ1v) is 13.7. The first kappa shape index (κ1) is 23.1. The fourth-order valence-corrected chi connectivity index (χ4v) is 5.61. The zero-order valence-electron chi connectivity index (χ0n) is 20.0. The van der Waals surface area contributed by atoms with Crippen LogP contribution in [0, 0.1) is 5.92 Å². The Kier molecular flexibility index (Phi) is 6.03. The van der Waals surface area contributed by atoms with Crippen LogP contribution >= 0.6 is 0 Å². The first-order valence-electron chi connectivity index (χ1n) is 11.8. The van der Waals surface area contributed by atoms with Gasteiger partial charge in [0.15, 0.2) is 0 Å². The molecule has 0 radical (unpaired) electrons. The highest BCUT2D eigenvalue weighted by Gasteiger charge is 2.29. The SMILES string of the molecule is C[C@@H]1CN(S(C)(=O)=O)CCN1Cc1cc2c(=O)n(C)cc(-c3ccccc3OCC3CC3)c2[nH]1. The van der Waals surface area contributed by atoms with E-state index in [2.05, 4.69) is 9.88 Å². The highest BCUT2D eigenvalue weighted by molar-refractivity contribution is 7.88. The minimum absolute atomic E-state index is 0.0485. The molecule has 1 atom stereocenters. The summed E-state index contributed by atoms with van der Waals surface area (Å²) in [5, 5.41) is 0.648. The zero-order valence-corrected chi connectivity index (χ0v) is 20.8. The van der Waals surface area contributed by atoms with Crippen LogP contribution in [-0.4, -0.2) is 65.7 Å². The average Bonchev–Trinajstić information content (AvgIpc) is 3.53. The van der Waals surface area contributed by atoms with Crippen LogP contribution in [0.4, 0.5) is 0 Å². The summed E-state index contributed by atoms with van der Waals surface area (Å²) in [4.78, 5) is 18.7. The highest BCUT2D eigenvalue weighted by atomic mass is 32.2.